The van der Waals surface area contributed by atoms with Gasteiger partial charge in [-0.15, -0.1) is 0 Å². The van der Waals surface area contributed by atoms with Gasteiger partial charge in [0.15, 0.2) is 0 Å². The molecular weight excluding hydrogens is 234 g/mol. The van der Waals surface area contributed by atoms with Crippen LogP contribution in [0, 0.1) is 6.92 Å². The first-order valence-corrected chi connectivity index (χ1v) is 6.56. The van der Waals surface area contributed by atoms with Gasteiger partial charge in [-0.05, 0) is 30.0 Å². The van der Waals surface area contributed by atoms with Crippen molar-refractivity contribution in [1.82, 2.24) is 15.0 Å². The minimum absolute atomic E-state index is 0.560. The third kappa shape index (κ3) is 2.24. The Labute approximate surface area is 112 Å². The number of fused-ring (bicyclic) bond motifs is 1. The molecule has 0 fully saturated rings. The van der Waals surface area contributed by atoms with Gasteiger partial charge >= 0.3 is 0 Å². The van der Waals surface area contributed by atoms with E-state index < -0.39 is 0 Å². The van der Waals surface area contributed by atoms with E-state index in [4.69, 9.17) is 0 Å². The molecule has 0 unspecified atom stereocenters. The molecule has 0 radical (unpaired) electrons. The molecule has 96 valence electrons. The van der Waals surface area contributed by atoms with E-state index in [1.807, 2.05) is 13.1 Å². The Hall–Kier alpha value is -2.16. The van der Waals surface area contributed by atoms with Crippen molar-refractivity contribution in [2.45, 2.75) is 26.7 Å². The number of hydrogen-bond donors (Lipinski definition) is 1. The maximum Gasteiger partial charge on any atom is 0.141 e. The van der Waals surface area contributed by atoms with Gasteiger partial charge in [-0.2, -0.15) is 0 Å². The monoisotopic (exact) mass is 251 g/mol. The van der Waals surface area contributed by atoms with Crippen LogP contribution in [-0.2, 0) is 0 Å². The summed E-state index contributed by atoms with van der Waals surface area (Å²) in [6, 6.07) is 10.8. The summed E-state index contributed by atoms with van der Waals surface area (Å²) in [5.74, 6) is 1.35. The molecule has 3 nitrogen and oxygen atoms in total. The van der Waals surface area contributed by atoms with Crippen molar-refractivity contribution >= 4 is 11.0 Å². The molecule has 3 heteroatoms. The van der Waals surface area contributed by atoms with Crippen molar-refractivity contribution in [1.29, 1.82) is 0 Å². The average molecular weight is 251 g/mol. The minimum Gasteiger partial charge on any atom is -0.339 e. The molecule has 1 N–H and O–H groups in total. The minimum atomic E-state index is 0.560. The van der Waals surface area contributed by atoms with Crippen LogP contribution >= 0.6 is 0 Å². The predicted molar refractivity (Wildman–Crippen MR) is 78.2 cm³/mol. The fourth-order valence-electron chi connectivity index (χ4n) is 2.21. The standard InChI is InChI=1S/C16H17N3/c1-10(2)12-4-6-13(7-5-12)15-8-14-9-17-11(3)18-16(14)19-15/h4-10H,1-3H3,(H,17,18,19). The highest BCUT2D eigenvalue weighted by Gasteiger charge is 2.06. The smallest absolute Gasteiger partial charge is 0.141 e. The quantitative estimate of drug-likeness (QED) is 0.746. The lowest BCUT2D eigenvalue weighted by molar-refractivity contribution is 0.867. The highest BCUT2D eigenvalue weighted by molar-refractivity contribution is 5.82. The van der Waals surface area contributed by atoms with Gasteiger partial charge in [-0.3, -0.25) is 0 Å². The molecule has 0 spiro atoms. The van der Waals surface area contributed by atoms with Gasteiger partial charge in [0.2, 0.25) is 0 Å². The number of rotatable bonds is 2. The Morgan fingerprint density at radius 1 is 1.11 bits per heavy atom. The number of nitrogens with zero attached hydrogens (tertiary/aromatic N) is 2. The largest absolute Gasteiger partial charge is 0.339 e. The van der Waals surface area contributed by atoms with Crippen LogP contribution in [0.25, 0.3) is 22.3 Å². The summed E-state index contributed by atoms with van der Waals surface area (Å²) in [5.41, 5.74) is 4.52. The summed E-state index contributed by atoms with van der Waals surface area (Å²) < 4.78 is 0. The summed E-state index contributed by atoms with van der Waals surface area (Å²) in [6.07, 6.45) is 1.86. The SMILES string of the molecule is Cc1ncc2cc(-c3ccc(C(C)C)cc3)[nH]c2n1. The molecule has 1 aromatic carbocycles. The molecule has 0 saturated carbocycles. The second kappa shape index (κ2) is 4.50. The van der Waals surface area contributed by atoms with E-state index in [1.54, 1.807) is 0 Å². The van der Waals surface area contributed by atoms with Crippen molar-refractivity contribution in [3.05, 3.63) is 47.9 Å². The topological polar surface area (TPSA) is 41.6 Å². The number of aromatic amines is 1. The summed E-state index contributed by atoms with van der Waals surface area (Å²) in [6.45, 7) is 6.31. The van der Waals surface area contributed by atoms with Crippen molar-refractivity contribution in [3.63, 3.8) is 0 Å². The molecule has 3 rings (SSSR count). The van der Waals surface area contributed by atoms with Gasteiger partial charge in [0.05, 0.1) is 0 Å². The van der Waals surface area contributed by atoms with E-state index in [1.165, 1.54) is 11.1 Å². The van der Waals surface area contributed by atoms with Crippen LogP contribution in [0.3, 0.4) is 0 Å². The number of benzene rings is 1. The number of aromatic nitrogens is 3. The maximum atomic E-state index is 4.40. The average Bonchev–Trinajstić information content (AvgIpc) is 2.81. The van der Waals surface area contributed by atoms with Crippen LogP contribution in [0.1, 0.15) is 31.2 Å². The zero-order valence-electron chi connectivity index (χ0n) is 11.4. The molecule has 19 heavy (non-hydrogen) atoms. The summed E-state index contributed by atoms with van der Waals surface area (Å²) in [7, 11) is 0. The Kier molecular flexibility index (Phi) is 2.82. The van der Waals surface area contributed by atoms with E-state index in [2.05, 4.69) is 59.1 Å². The Morgan fingerprint density at radius 2 is 1.84 bits per heavy atom. The lowest BCUT2D eigenvalue weighted by Crippen LogP contribution is -1.87. The van der Waals surface area contributed by atoms with Crippen LogP contribution in [0.2, 0.25) is 0 Å². The molecule has 0 aliphatic carbocycles. The van der Waals surface area contributed by atoms with Crippen molar-refractivity contribution in [3.8, 4) is 11.3 Å². The predicted octanol–water partition coefficient (Wildman–Crippen LogP) is 4.06. The van der Waals surface area contributed by atoms with Crippen LogP contribution in [0.5, 0.6) is 0 Å². The first kappa shape index (κ1) is 11.9. The Balaban J connectivity index is 2.03. The number of H-pyrrole nitrogens is 1. The van der Waals surface area contributed by atoms with E-state index in [-0.39, 0.29) is 0 Å². The van der Waals surface area contributed by atoms with Crippen molar-refractivity contribution in [2.75, 3.05) is 0 Å². The molecule has 0 aliphatic heterocycles. The van der Waals surface area contributed by atoms with Gasteiger partial charge in [0.1, 0.15) is 11.5 Å². The number of nitrogens with one attached hydrogen (secondary N) is 1. The fraction of sp³-hybridized carbons (Fsp3) is 0.250. The van der Waals surface area contributed by atoms with Crippen LogP contribution in [-0.4, -0.2) is 15.0 Å². The third-order valence-electron chi connectivity index (χ3n) is 3.38. The molecule has 0 aliphatic rings. The summed E-state index contributed by atoms with van der Waals surface area (Å²) in [5, 5.41) is 1.05. The molecule has 2 heterocycles. The lowest BCUT2D eigenvalue weighted by atomic mass is 10.0. The second-order valence-corrected chi connectivity index (χ2v) is 5.18. The third-order valence-corrected chi connectivity index (χ3v) is 3.38. The van der Waals surface area contributed by atoms with Gasteiger partial charge < -0.3 is 4.98 Å². The normalized spacial score (nSPS) is 11.4. The first-order valence-electron chi connectivity index (χ1n) is 6.56. The van der Waals surface area contributed by atoms with Crippen molar-refractivity contribution in [2.24, 2.45) is 0 Å². The fourth-order valence-corrected chi connectivity index (χ4v) is 2.21. The zero-order valence-corrected chi connectivity index (χ0v) is 11.4. The van der Waals surface area contributed by atoms with Crippen molar-refractivity contribution < 1.29 is 0 Å². The molecule has 0 saturated heterocycles. The molecule has 2 aromatic heterocycles. The molecule has 0 bridgehead atoms. The van der Waals surface area contributed by atoms with Gasteiger partial charge in [0, 0.05) is 17.3 Å². The Bertz CT molecular complexity index is 708. The Morgan fingerprint density at radius 3 is 2.53 bits per heavy atom. The van der Waals surface area contributed by atoms with Gasteiger partial charge in [0.25, 0.3) is 0 Å². The summed E-state index contributed by atoms with van der Waals surface area (Å²) in [4.78, 5) is 12.0. The highest BCUT2D eigenvalue weighted by atomic mass is 14.9. The second-order valence-electron chi connectivity index (χ2n) is 5.18. The van der Waals surface area contributed by atoms with Crippen LogP contribution in [0.4, 0.5) is 0 Å². The van der Waals surface area contributed by atoms with E-state index in [0.717, 1.165) is 22.6 Å². The molecular formula is C16H17N3. The van der Waals surface area contributed by atoms with E-state index in [9.17, 15) is 0 Å². The summed E-state index contributed by atoms with van der Waals surface area (Å²) >= 11 is 0. The number of aryl methyl sites for hydroxylation is 1. The van der Waals surface area contributed by atoms with E-state index >= 15 is 0 Å². The maximum absolute atomic E-state index is 4.40. The zero-order chi connectivity index (χ0) is 13.4. The molecule has 0 amide bonds. The molecule has 0 atom stereocenters. The molecule has 3 aromatic rings. The lowest BCUT2D eigenvalue weighted by Gasteiger charge is -2.05. The van der Waals surface area contributed by atoms with Crippen LogP contribution < -0.4 is 0 Å². The highest BCUT2D eigenvalue weighted by Crippen LogP contribution is 2.24. The van der Waals surface area contributed by atoms with E-state index in [0.29, 0.717) is 5.92 Å². The van der Waals surface area contributed by atoms with Crippen LogP contribution in [0.15, 0.2) is 36.5 Å². The number of hydrogen-bond acceptors (Lipinski definition) is 2. The first-order chi connectivity index (χ1) is 9.13. The van der Waals surface area contributed by atoms with Gasteiger partial charge in [-0.1, -0.05) is 38.1 Å². The van der Waals surface area contributed by atoms with Gasteiger partial charge in [-0.25, -0.2) is 9.97 Å².